The molecule has 0 unspecified atom stereocenters. The van der Waals surface area contributed by atoms with E-state index in [9.17, 15) is 9.90 Å². The van der Waals surface area contributed by atoms with E-state index in [0.29, 0.717) is 38.9 Å². The van der Waals surface area contributed by atoms with Gasteiger partial charge in [-0.05, 0) is 38.8 Å². The summed E-state index contributed by atoms with van der Waals surface area (Å²) in [6, 6.07) is 5.73. The number of benzene rings is 1. The van der Waals surface area contributed by atoms with Gasteiger partial charge in [0.05, 0.1) is 19.8 Å². The SMILES string of the molecule is CCOc1cccc(OCC)c1C1(CO)CCC(=O)CC1. The first-order valence-electron chi connectivity index (χ1n) is 7.68. The third kappa shape index (κ3) is 3.21. The van der Waals surface area contributed by atoms with Gasteiger partial charge in [0.2, 0.25) is 0 Å². The molecule has 0 bridgehead atoms. The van der Waals surface area contributed by atoms with E-state index in [-0.39, 0.29) is 12.4 Å². The van der Waals surface area contributed by atoms with Crippen molar-refractivity contribution in [1.82, 2.24) is 0 Å². The number of hydrogen-bond donors (Lipinski definition) is 1. The molecule has 0 aromatic heterocycles. The average molecular weight is 292 g/mol. The normalized spacial score (nSPS) is 17.6. The molecule has 4 heteroatoms. The van der Waals surface area contributed by atoms with Crippen LogP contribution in [-0.2, 0) is 10.2 Å². The van der Waals surface area contributed by atoms with E-state index in [1.54, 1.807) is 0 Å². The van der Waals surface area contributed by atoms with Crippen molar-refractivity contribution in [3.05, 3.63) is 23.8 Å². The van der Waals surface area contributed by atoms with Crippen molar-refractivity contribution in [2.24, 2.45) is 0 Å². The third-order valence-electron chi connectivity index (χ3n) is 4.19. The number of aliphatic hydroxyl groups is 1. The van der Waals surface area contributed by atoms with Crippen LogP contribution in [0.1, 0.15) is 45.1 Å². The lowest BCUT2D eigenvalue weighted by Gasteiger charge is -2.37. The van der Waals surface area contributed by atoms with Crippen molar-refractivity contribution in [1.29, 1.82) is 0 Å². The van der Waals surface area contributed by atoms with Crippen LogP contribution in [0, 0.1) is 0 Å². The first-order chi connectivity index (χ1) is 10.2. The maximum atomic E-state index is 11.6. The molecule has 0 atom stereocenters. The van der Waals surface area contributed by atoms with E-state index in [4.69, 9.17) is 9.47 Å². The highest BCUT2D eigenvalue weighted by Crippen LogP contribution is 2.46. The summed E-state index contributed by atoms with van der Waals surface area (Å²) < 4.78 is 11.5. The summed E-state index contributed by atoms with van der Waals surface area (Å²) in [7, 11) is 0. The number of carbonyl (C=O) groups excluding carboxylic acids is 1. The van der Waals surface area contributed by atoms with Crippen LogP contribution in [0.3, 0.4) is 0 Å². The molecule has 4 nitrogen and oxygen atoms in total. The van der Waals surface area contributed by atoms with E-state index >= 15 is 0 Å². The molecule has 1 saturated carbocycles. The Kier molecular flexibility index (Phi) is 5.23. The Hall–Kier alpha value is -1.55. The summed E-state index contributed by atoms with van der Waals surface area (Å²) in [5, 5.41) is 10.0. The van der Waals surface area contributed by atoms with Gasteiger partial charge in [0.1, 0.15) is 17.3 Å². The fourth-order valence-corrected chi connectivity index (χ4v) is 3.08. The maximum absolute atomic E-state index is 11.6. The number of Topliss-reactive ketones (excluding diaryl/α,β-unsaturated/α-hetero) is 1. The lowest BCUT2D eigenvalue weighted by molar-refractivity contribution is -0.121. The predicted octanol–water partition coefficient (Wildman–Crippen LogP) is 2.86. The Bertz CT molecular complexity index is 461. The zero-order valence-corrected chi connectivity index (χ0v) is 12.9. The fraction of sp³-hybridized carbons (Fsp3) is 0.588. The Labute approximate surface area is 126 Å². The van der Waals surface area contributed by atoms with Gasteiger partial charge in [0.25, 0.3) is 0 Å². The molecule has 1 aliphatic carbocycles. The standard InChI is InChI=1S/C17H24O4/c1-3-20-14-6-5-7-15(21-4-2)16(14)17(12-18)10-8-13(19)9-11-17/h5-7,18H,3-4,8-12H2,1-2H3. The first-order valence-corrected chi connectivity index (χ1v) is 7.68. The van der Waals surface area contributed by atoms with Gasteiger partial charge in [-0.2, -0.15) is 0 Å². The van der Waals surface area contributed by atoms with E-state index in [0.717, 1.165) is 17.1 Å². The Morgan fingerprint density at radius 3 is 2.05 bits per heavy atom. The number of rotatable bonds is 6. The summed E-state index contributed by atoms with van der Waals surface area (Å²) in [5.74, 6) is 1.78. The molecule has 116 valence electrons. The van der Waals surface area contributed by atoms with E-state index in [2.05, 4.69) is 0 Å². The lowest BCUT2D eigenvalue weighted by atomic mass is 9.69. The lowest BCUT2D eigenvalue weighted by Crippen LogP contribution is -2.36. The van der Waals surface area contributed by atoms with Gasteiger partial charge >= 0.3 is 0 Å². The molecule has 0 saturated heterocycles. The summed E-state index contributed by atoms with van der Waals surface area (Å²) in [6.45, 7) is 5.00. The van der Waals surface area contributed by atoms with Crippen molar-refractivity contribution >= 4 is 5.78 Å². The van der Waals surface area contributed by atoms with Crippen molar-refractivity contribution in [3.63, 3.8) is 0 Å². The van der Waals surface area contributed by atoms with Gasteiger partial charge in [-0.25, -0.2) is 0 Å². The number of ether oxygens (including phenoxy) is 2. The van der Waals surface area contributed by atoms with Crippen LogP contribution in [0.5, 0.6) is 11.5 Å². The number of ketones is 1. The molecule has 2 rings (SSSR count). The molecule has 1 aliphatic rings. The minimum Gasteiger partial charge on any atom is -0.493 e. The smallest absolute Gasteiger partial charge is 0.132 e. The Morgan fingerprint density at radius 2 is 1.62 bits per heavy atom. The largest absolute Gasteiger partial charge is 0.493 e. The van der Waals surface area contributed by atoms with Gasteiger partial charge in [0.15, 0.2) is 0 Å². The third-order valence-corrected chi connectivity index (χ3v) is 4.19. The van der Waals surface area contributed by atoms with Crippen LogP contribution in [0.4, 0.5) is 0 Å². The number of hydrogen-bond acceptors (Lipinski definition) is 4. The second kappa shape index (κ2) is 6.94. The first kappa shape index (κ1) is 15.8. The molecule has 1 aromatic rings. The zero-order chi connectivity index (χ0) is 15.3. The van der Waals surface area contributed by atoms with Gasteiger partial charge in [0, 0.05) is 23.8 Å². The monoisotopic (exact) mass is 292 g/mol. The van der Waals surface area contributed by atoms with Crippen molar-refractivity contribution in [2.45, 2.75) is 44.9 Å². The summed E-state index contributed by atoms with van der Waals surface area (Å²) >= 11 is 0. The van der Waals surface area contributed by atoms with E-state index in [1.165, 1.54) is 0 Å². The quantitative estimate of drug-likeness (QED) is 0.876. The van der Waals surface area contributed by atoms with Crippen molar-refractivity contribution in [3.8, 4) is 11.5 Å². The average Bonchev–Trinajstić information content (AvgIpc) is 2.50. The van der Waals surface area contributed by atoms with Crippen LogP contribution >= 0.6 is 0 Å². The van der Waals surface area contributed by atoms with Gasteiger partial charge in [-0.3, -0.25) is 4.79 Å². The molecule has 0 aliphatic heterocycles. The predicted molar refractivity (Wildman–Crippen MR) is 81.0 cm³/mol. The number of aliphatic hydroxyl groups excluding tert-OH is 1. The summed E-state index contributed by atoms with van der Waals surface area (Å²) in [6.07, 6.45) is 2.30. The van der Waals surface area contributed by atoms with Crippen molar-refractivity contribution < 1.29 is 19.4 Å². The van der Waals surface area contributed by atoms with Gasteiger partial charge < -0.3 is 14.6 Å². The van der Waals surface area contributed by atoms with Crippen molar-refractivity contribution in [2.75, 3.05) is 19.8 Å². The van der Waals surface area contributed by atoms with Crippen LogP contribution in [0.2, 0.25) is 0 Å². The van der Waals surface area contributed by atoms with Crippen LogP contribution in [-0.4, -0.2) is 30.7 Å². The molecule has 1 N–H and O–H groups in total. The highest BCUT2D eigenvalue weighted by Gasteiger charge is 2.40. The van der Waals surface area contributed by atoms with E-state index in [1.807, 2.05) is 32.0 Å². The van der Waals surface area contributed by atoms with E-state index < -0.39 is 5.41 Å². The van der Waals surface area contributed by atoms with Gasteiger partial charge in [-0.1, -0.05) is 6.07 Å². The highest BCUT2D eigenvalue weighted by molar-refractivity contribution is 5.80. The highest BCUT2D eigenvalue weighted by atomic mass is 16.5. The molecule has 1 aromatic carbocycles. The van der Waals surface area contributed by atoms with Crippen LogP contribution < -0.4 is 9.47 Å². The molecule has 21 heavy (non-hydrogen) atoms. The zero-order valence-electron chi connectivity index (χ0n) is 12.9. The van der Waals surface area contributed by atoms with Gasteiger partial charge in [-0.15, -0.1) is 0 Å². The minimum atomic E-state index is -0.440. The fourth-order valence-electron chi connectivity index (χ4n) is 3.08. The molecular formula is C17H24O4. The molecular weight excluding hydrogens is 268 g/mol. The second-order valence-electron chi connectivity index (χ2n) is 5.47. The summed E-state index contributed by atoms with van der Waals surface area (Å²) in [5.41, 5.74) is 0.480. The molecule has 0 heterocycles. The number of carbonyl (C=O) groups is 1. The molecule has 1 fully saturated rings. The Balaban J connectivity index is 2.49. The van der Waals surface area contributed by atoms with Crippen LogP contribution in [0.25, 0.3) is 0 Å². The summed E-state index contributed by atoms with van der Waals surface area (Å²) in [4.78, 5) is 11.6. The molecule has 0 amide bonds. The Morgan fingerprint density at radius 1 is 1.10 bits per heavy atom. The molecule has 0 radical (unpaired) electrons. The second-order valence-corrected chi connectivity index (χ2v) is 5.47. The molecule has 0 spiro atoms. The van der Waals surface area contributed by atoms with Crippen LogP contribution in [0.15, 0.2) is 18.2 Å². The minimum absolute atomic E-state index is 0.00441. The topological polar surface area (TPSA) is 55.8 Å². The maximum Gasteiger partial charge on any atom is 0.132 e.